The summed E-state index contributed by atoms with van der Waals surface area (Å²) in [6, 6.07) is 5.90. The number of unbranched alkanes of at least 4 members (excludes halogenated alkanes) is 2. The number of hydrogen-bond donors (Lipinski definition) is 1. The van der Waals surface area contributed by atoms with E-state index in [0.717, 1.165) is 13.0 Å². The first kappa shape index (κ1) is 14.4. The minimum absolute atomic E-state index is 0.408. The first-order chi connectivity index (χ1) is 9.20. The molecule has 0 aliphatic carbocycles. The standard InChI is InChI=1S/C17H27NO/c1-3-4-5-10-18-11-8-14(2)17-13-16(19)7-6-15(17)9-12-18/h6-7,13-14,19H,3-5,8-12H2,1-2H3/t14-/m0/s1. The Morgan fingerprint density at radius 2 is 2.11 bits per heavy atom. The molecule has 0 saturated carbocycles. The molecule has 0 unspecified atom stereocenters. The van der Waals surface area contributed by atoms with Crippen LogP contribution in [0.3, 0.4) is 0 Å². The van der Waals surface area contributed by atoms with E-state index < -0.39 is 0 Å². The Hall–Kier alpha value is -1.02. The van der Waals surface area contributed by atoms with E-state index in [0.29, 0.717) is 11.7 Å². The van der Waals surface area contributed by atoms with Gasteiger partial charge >= 0.3 is 0 Å². The fourth-order valence-corrected chi connectivity index (χ4v) is 3.00. The maximum absolute atomic E-state index is 9.65. The van der Waals surface area contributed by atoms with Gasteiger partial charge in [0.15, 0.2) is 0 Å². The average molecular weight is 261 g/mol. The largest absolute Gasteiger partial charge is 0.508 e. The van der Waals surface area contributed by atoms with Crippen molar-refractivity contribution in [2.45, 2.75) is 51.9 Å². The molecule has 1 aliphatic rings. The summed E-state index contributed by atoms with van der Waals surface area (Å²) in [5.74, 6) is 0.960. The highest BCUT2D eigenvalue weighted by molar-refractivity contribution is 5.37. The number of hydrogen-bond acceptors (Lipinski definition) is 2. The predicted octanol–water partition coefficient (Wildman–Crippen LogP) is 3.93. The number of aromatic hydroxyl groups is 1. The normalized spacial score (nSPS) is 20.6. The summed E-state index contributed by atoms with van der Waals surface area (Å²) in [6.45, 7) is 8.15. The summed E-state index contributed by atoms with van der Waals surface area (Å²) >= 11 is 0. The van der Waals surface area contributed by atoms with Crippen molar-refractivity contribution < 1.29 is 5.11 Å². The molecule has 0 aromatic heterocycles. The van der Waals surface area contributed by atoms with Gasteiger partial charge in [-0.3, -0.25) is 0 Å². The molecule has 0 bridgehead atoms. The van der Waals surface area contributed by atoms with Crippen LogP contribution < -0.4 is 0 Å². The summed E-state index contributed by atoms with van der Waals surface area (Å²) in [4.78, 5) is 2.61. The van der Waals surface area contributed by atoms with Crippen molar-refractivity contribution in [2.75, 3.05) is 19.6 Å². The molecule has 19 heavy (non-hydrogen) atoms. The zero-order chi connectivity index (χ0) is 13.7. The van der Waals surface area contributed by atoms with Gasteiger partial charge in [0.1, 0.15) is 5.75 Å². The van der Waals surface area contributed by atoms with Crippen LogP contribution in [-0.2, 0) is 6.42 Å². The van der Waals surface area contributed by atoms with Gasteiger partial charge in [0, 0.05) is 6.54 Å². The van der Waals surface area contributed by atoms with E-state index in [1.54, 1.807) is 0 Å². The molecule has 1 heterocycles. The van der Waals surface area contributed by atoms with Crippen LogP contribution in [0.5, 0.6) is 5.75 Å². The van der Waals surface area contributed by atoms with Gasteiger partial charge in [0.05, 0.1) is 0 Å². The van der Waals surface area contributed by atoms with Crippen LogP contribution >= 0.6 is 0 Å². The molecule has 106 valence electrons. The van der Waals surface area contributed by atoms with Crippen LogP contribution in [0.4, 0.5) is 0 Å². The van der Waals surface area contributed by atoms with Crippen molar-refractivity contribution in [1.82, 2.24) is 4.90 Å². The van der Waals surface area contributed by atoms with Crippen LogP contribution in [0.25, 0.3) is 0 Å². The zero-order valence-corrected chi connectivity index (χ0v) is 12.4. The minimum Gasteiger partial charge on any atom is -0.508 e. The van der Waals surface area contributed by atoms with Crippen molar-refractivity contribution in [3.63, 3.8) is 0 Å². The highest BCUT2D eigenvalue weighted by Gasteiger charge is 2.17. The Morgan fingerprint density at radius 1 is 1.26 bits per heavy atom. The topological polar surface area (TPSA) is 23.5 Å². The fraction of sp³-hybridized carbons (Fsp3) is 0.647. The van der Waals surface area contributed by atoms with Gasteiger partial charge in [-0.2, -0.15) is 0 Å². The van der Waals surface area contributed by atoms with Crippen molar-refractivity contribution in [3.8, 4) is 5.75 Å². The summed E-state index contributed by atoms with van der Waals surface area (Å²) in [5.41, 5.74) is 2.78. The molecule has 0 saturated heterocycles. The van der Waals surface area contributed by atoms with E-state index in [1.807, 2.05) is 12.1 Å². The van der Waals surface area contributed by atoms with E-state index in [-0.39, 0.29) is 0 Å². The maximum Gasteiger partial charge on any atom is 0.115 e. The molecule has 2 nitrogen and oxygen atoms in total. The third-order valence-corrected chi connectivity index (χ3v) is 4.31. The second kappa shape index (κ2) is 6.95. The van der Waals surface area contributed by atoms with Crippen LogP contribution in [0, 0.1) is 0 Å². The highest BCUT2D eigenvalue weighted by atomic mass is 16.3. The smallest absolute Gasteiger partial charge is 0.115 e. The molecule has 1 aliphatic heterocycles. The number of phenols is 1. The van der Waals surface area contributed by atoms with E-state index >= 15 is 0 Å². The lowest BCUT2D eigenvalue weighted by Crippen LogP contribution is -2.31. The lowest BCUT2D eigenvalue weighted by molar-refractivity contribution is 0.256. The molecule has 0 amide bonds. The molecule has 1 N–H and O–H groups in total. The first-order valence-corrected chi connectivity index (χ1v) is 7.75. The van der Waals surface area contributed by atoms with Crippen LogP contribution in [-0.4, -0.2) is 29.6 Å². The number of nitrogens with zero attached hydrogens (tertiary/aromatic N) is 1. The highest BCUT2D eigenvalue weighted by Crippen LogP contribution is 2.29. The Bertz CT molecular complexity index is 402. The van der Waals surface area contributed by atoms with Gasteiger partial charge in [0.25, 0.3) is 0 Å². The Kier molecular flexibility index (Phi) is 5.26. The molecule has 1 aromatic carbocycles. The van der Waals surface area contributed by atoms with Gasteiger partial charge in [-0.1, -0.05) is 32.8 Å². The lowest BCUT2D eigenvalue weighted by atomic mass is 9.89. The molecule has 0 spiro atoms. The number of rotatable bonds is 4. The van der Waals surface area contributed by atoms with Gasteiger partial charge in [0.2, 0.25) is 0 Å². The molecule has 2 heteroatoms. The van der Waals surface area contributed by atoms with Crippen molar-refractivity contribution in [3.05, 3.63) is 29.3 Å². The molecular formula is C17H27NO. The van der Waals surface area contributed by atoms with Crippen LogP contribution in [0.2, 0.25) is 0 Å². The van der Waals surface area contributed by atoms with E-state index in [9.17, 15) is 5.11 Å². The molecule has 1 atom stereocenters. The minimum atomic E-state index is 0.408. The molecule has 0 fully saturated rings. The SMILES string of the molecule is CCCCCN1CCc2ccc(O)cc2[C@@H](C)CC1. The maximum atomic E-state index is 9.65. The Balaban J connectivity index is 2.01. The lowest BCUT2D eigenvalue weighted by Gasteiger charge is -2.28. The zero-order valence-electron chi connectivity index (χ0n) is 12.4. The summed E-state index contributed by atoms with van der Waals surface area (Å²) < 4.78 is 0. The monoisotopic (exact) mass is 261 g/mol. The van der Waals surface area contributed by atoms with Gasteiger partial charge in [-0.15, -0.1) is 0 Å². The second-order valence-corrected chi connectivity index (χ2v) is 5.87. The van der Waals surface area contributed by atoms with E-state index in [1.165, 1.54) is 49.9 Å². The third-order valence-electron chi connectivity index (χ3n) is 4.31. The summed E-state index contributed by atoms with van der Waals surface area (Å²) in [5, 5.41) is 9.65. The van der Waals surface area contributed by atoms with Crippen molar-refractivity contribution in [2.24, 2.45) is 0 Å². The van der Waals surface area contributed by atoms with Crippen molar-refractivity contribution >= 4 is 0 Å². The number of fused-ring (bicyclic) bond motifs is 1. The number of phenolic OH excluding ortho intramolecular Hbond substituents is 1. The second-order valence-electron chi connectivity index (χ2n) is 5.87. The quantitative estimate of drug-likeness (QED) is 0.830. The fourth-order valence-electron chi connectivity index (χ4n) is 3.00. The van der Waals surface area contributed by atoms with Crippen molar-refractivity contribution in [1.29, 1.82) is 0 Å². The summed E-state index contributed by atoms with van der Waals surface area (Å²) in [7, 11) is 0. The molecular weight excluding hydrogens is 234 g/mol. The average Bonchev–Trinajstić information content (AvgIpc) is 2.40. The molecule has 2 rings (SSSR count). The Morgan fingerprint density at radius 3 is 2.89 bits per heavy atom. The molecule has 1 aromatic rings. The van der Waals surface area contributed by atoms with Gasteiger partial charge in [-0.05, 0) is 61.5 Å². The first-order valence-electron chi connectivity index (χ1n) is 7.75. The summed E-state index contributed by atoms with van der Waals surface area (Å²) in [6.07, 6.45) is 6.28. The molecule has 0 radical (unpaired) electrons. The predicted molar refractivity (Wildman–Crippen MR) is 80.8 cm³/mol. The van der Waals surface area contributed by atoms with Crippen LogP contribution in [0.1, 0.15) is 56.6 Å². The Labute approximate surface area is 117 Å². The van der Waals surface area contributed by atoms with E-state index in [4.69, 9.17) is 0 Å². The van der Waals surface area contributed by atoms with Crippen LogP contribution in [0.15, 0.2) is 18.2 Å². The third kappa shape index (κ3) is 3.97. The van der Waals surface area contributed by atoms with Gasteiger partial charge < -0.3 is 10.0 Å². The van der Waals surface area contributed by atoms with E-state index in [2.05, 4.69) is 24.8 Å². The van der Waals surface area contributed by atoms with Gasteiger partial charge in [-0.25, -0.2) is 0 Å². The number of benzene rings is 1.